The van der Waals surface area contributed by atoms with E-state index in [0.29, 0.717) is 5.82 Å². The maximum atomic E-state index is 11.9. The van der Waals surface area contributed by atoms with Gasteiger partial charge in [0.2, 0.25) is 0 Å². The molecular weight excluding hydrogens is 230 g/mol. The number of aromatic nitrogens is 4. The van der Waals surface area contributed by atoms with Gasteiger partial charge in [-0.05, 0) is 6.92 Å². The molecule has 0 atom stereocenters. The molecule has 2 aromatic rings. The lowest BCUT2D eigenvalue weighted by Crippen LogP contribution is -2.13. The Bertz CT molecular complexity index is 597. The van der Waals surface area contributed by atoms with Gasteiger partial charge in [-0.2, -0.15) is 10.2 Å². The lowest BCUT2D eigenvalue weighted by molar-refractivity contribution is 0.601. The number of nitrogens with one attached hydrogen (secondary N) is 2. The summed E-state index contributed by atoms with van der Waals surface area (Å²) in [5.41, 5.74) is 0.729. The Morgan fingerprint density at radius 2 is 2.19 bits per heavy atom. The van der Waals surface area contributed by atoms with Crippen LogP contribution in [-0.4, -0.2) is 28.4 Å². The standard InChI is InChI=1S/C8H11N5O2S/c1-6-3-9-11-8(6)12-16(14,15)7-4-10-13(2)5-7/h3-5H,1-2H3,(H2,9,11,12). The van der Waals surface area contributed by atoms with E-state index in [4.69, 9.17) is 0 Å². The summed E-state index contributed by atoms with van der Waals surface area (Å²) in [4.78, 5) is 0.115. The van der Waals surface area contributed by atoms with E-state index in [-0.39, 0.29) is 4.90 Å². The van der Waals surface area contributed by atoms with Gasteiger partial charge in [-0.15, -0.1) is 0 Å². The first kappa shape index (κ1) is 10.7. The number of anilines is 1. The van der Waals surface area contributed by atoms with Crippen LogP contribution in [0.2, 0.25) is 0 Å². The quantitative estimate of drug-likeness (QED) is 0.805. The third-order valence-electron chi connectivity index (χ3n) is 2.06. The van der Waals surface area contributed by atoms with Crippen LogP contribution in [0, 0.1) is 6.92 Å². The fourth-order valence-electron chi connectivity index (χ4n) is 1.18. The zero-order chi connectivity index (χ0) is 11.8. The molecule has 0 fully saturated rings. The first-order valence-electron chi connectivity index (χ1n) is 4.50. The van der Waals surface area contributed by atoms with Gasteiger partial charge in [-0.1, -0.05) is 0 Å². The van der Waals surface area contributed by atoms with Crippen LogP contribution in [0.4, 0.5) is 5.82 Å². The normalized spacial score (nSPS) is 11.6. The molecule has 0 aromatic carbocycles. The highest BCUT2D eigenvalue weighted by Gasteiger charge is 2.17. The van der Waals surface area contributed by atoms with Gasteiger partial charge in [0.25, 0.3) is 10.0 Å². The second kappa shape index (κ2) is 3.63. The number of nitrogens with zero attached hydrogens (tertiary/aromatic N) is 3. The molecule has 0 bridgehead atoms. The summed E-state index contributed by atoms with van der Waals surface area (Å²) in [6, 6.07) is 0. The molecule has 0 aliphatic heterocycles. The molecule has 16 heavy (non-hydrogen) atoms. The highest BCUT2D eigenvalue weighted by atomic mass is 32.2. The van der Waals surface area contributed by atoms with Crippen molar-refractivity contribution < 1.29 is 8.42 Å². The Balaban J connectivity index is 2.31. The van der Waals surface area contributed by atoms with Crippen molar-refractivity contribution in [1.82, 2.24) is 20.0 Å². The van der Waals surface area contributed by atoms with E-state index >= 15 is 0 Å². The number of hydrogen-bond donors (Lipinski definition) is 2. The Morgan fingerprint density at radius 1 is 1.44 bits per heavy atom. The van der Waals surface area contributed by atoms with Gasteiger partial charge in [0.15, 0.2) is 0 Å². The Kier molecular flexibility index (Phi) is 2.43. The van der Waals surface area contributed by atoms with E-state index in [1.54, 1.807) is 20.2 Å². The average molecular weight is 241 g/mol. The molecule has 0 spiro atoms. The minimum absolute atomic E-state index is 0.115. The summed E-state index contributed by atoms with van der Waals surface area (Å²) >= 11 is 0. The molecule has 0 saturated carbocycles. The van der Waals surface area contributed by atoms with Crippen LogP contribution in [0.3, 0.4) is 0 Å². The SMILES string of the molecule is Cc1cn[nH]c1NS(=O)(=O)c1cnn(C)c1. The lowest BCUT2D eigenvalue weighted by atomic mass is 10.4. The summed E-state index contributed by atoms with van der Waals surface area (Å²) in [6.07, 6.45) is 4.25. The maximum Gasteiger partial charge on any atom is 0.266 e. The minimum Gasteiger partial charge on any atom is -0.274 e. The highest BCUT2D eigenvalue weighted by molar-refractivity contribution is 7.92. The summed E-state index contributed by atoms with van der Waals surface area (Å²) in [6.45, 7) is 1.75. The monoisotopic (exact) mass is 241 g/mol. The van der Waals surface area contributed by atoms with E-state index in [0.717, 1.165) is 5.56 Å². The molecule has 0 amide bonds. The fraction of sp³-hybridized carbons (Fsp3) is 0.250. The van der Waals surface area contributed by atoms with Crippen molar-refractivity contribution in [2.24, 2.45) is 7.05 Å². The van der Waals surface area contributed by atoms with Crippen LogP contribution in [0.5, 0.6) is 0 Å². The van der Waals surface area contributed by atoms with Crippen molar-refractivity contribution in [3.05, 3.63) is 24.2 Å². The van der Waals surface area contributed by atoms with Crippen molar-refractivity contribution >= 4 is 15.8 Å². The predicted molar refractivity (Wildman–Crippen MR) is 57.3 cm³/mol. The molecule has 0 aliphatic rings. The van der Waals surface area contributed by atoms with Crippen LogP contribution >= 0.6 is 0 Å². The number of sulfonamides is 1. The van der Waals surface area contributed by atoms with E-state index in [2.05, 4.69) is 20.0 Å². The van der Waals surface area contributed by atoms with Crippen molar-refractivity contribution in [3.63, 3.8) is 0 Å². The molecule has 2 rings (SSSR count). The zero-order valence-corrected chi connectivity index (χ0v) is 9.61. The van der Waals surface area contributed by atoms with Crippen molar-refractivity contribution in [2.45, 2.75) is 11.8 Å². The predicted octanol–water partition coefficient (Wildman–Crippen LogP) is 0.252. The number of rotatable bonds is 3. The molecular formula is C8H11N5O2S. The van der Waals surface area contributed by atoms with E-state index < -0.39 is 10.0 Å². The van der Waals surface area contributed by atoms with Gasteiger partial charge in [0, 0.05) is 18.8 Å². The molecule has 2 heterocycles. The lowest BCUT2D eigenvalue weighted by Gasteiger charge is -2.03. The first-order valence-corrected chi connectivity index (χ1v) is 5.99. The highest BCUT2D eigenvalue weighted by Crippen LogP contribution is 2.15. The second-order valence-electron chi connectivity index (χ2n) is 3.38. The molecule has 0 radical (unpaired) electrons. The van der Waals surface area contributed by atoms with Crippen LogP contribution in [0.1, 0.15) is 5.56 Å². The third-order valence-corrected chi connectivity index (χ3v) is 3.36. The minimum atomic E-state index is -3.59. The van der Waals surface area contributed by atoms with Gasteiger partial charge in [0.1, 0.15) is 10.7 Å². The molecule has 2 N–H and O–H groups in total. The van der Waals surface area contributed by atoms with Crippen LogP contribution < -0.4 is 4.72 Å². The topological polar surface area (TPSA) is 92.7 Å². The molecule has 0 unspecified atom stereocenters. The summed E-state index contributed by atoms with van der Waals surface area (Å²) in [7, 11) is -1.94. The van der Waals surface area contributed by atoms with Crippen molar-refractivity contribution in [3.8, 4) is 0 Å². The van der Waals surface area contributed by atoms with Gasteiger partial charge < -0.3 is 0 Å². The summed E-state index contributed by atoms with van der Waals surface area (Å²) < 4.78 is 27.5. The number of H-pyrrole nitrogens is 1. The Morgan fingerprint density at radius 3 is 2.69 bits per heavy atom. The van der Waals surface area contributed by atoms with Crippen LogP contribution in [-0.2, 0) is 17.1 Å². The van der Waals surface area contributed by atoms with E-state index in [9.17, 15) is 8.42 Å². The molecule has 86 valence electrons. The molecule has 0 aliphatic carbocycles. The van der Waals surface area contributed by atoms with Gasteiger partial charge in [-0.3, -0.25) is 14.5 Å². The van der Waals surface area contributed by atoms with Gasteiger partial charge in [-0.25, -0.2) is 8.42 Å². The van der Waals surface area contributed by atoms with Crippen molar-refractivity contribution in [2.75, 3.05) is 4.72 Å². The Labute approximate surface area is 92.5 Å². The van der Waals surface area contributed by atoms with Gasteiger partial charge in [0.05, 0.1) is 12.4 Å². The maximum absolute atomic E-state index is 11.9. The second-order valence-corrected chi connectivity index (χ2v) is 5.07. The van der Waals surface area contributed by atoms with Crippen LogP contribution in [0.25, 0.3) is 0 Å². The largest absolute Gasteiger partial charge is 0.274 e. The van der Waals surface area contributed by atoms with Gasteiger partial charge >= 0.3 is 0 Å². The van der Waals surface area contributed by atoms with Crippen LogP contribution in [0.15, 0.2) is 23.5 Å². The Hall–Kier alpha value is -1.83. The third kappa shape index (κ3) is 1.91. The zero-order valence-electron chi connectivity index (χ0n) is 8.80. The summed E-state index contributed by atoms with van der Waals surface area (Å²) in [5, 5.41) is 10.1. The smallest absolute Gasteiger partial charge is 0.266 e. The number of aryl methyl sites for hydroxylation is 2. The molecule has 2 aromatic heterocycles. The van der Waals surface area contributed by atoms with E-state index in [1.165, 1.54) is 17.1 Å². The molecule has 7 nitrogen and oxygen atoms in total. The van der Waals surface area contributed by atoms with E-state index in [1.807, 2.05) is 0 Å². The fourth-order valence-corrected chi connectivity index (χ4v) is 2.25. The molecule has 0 saturated heterocycles. The number of hydrogen-bond acceptors (Lipinski definition) is 4. The first-order chi connectivity index (χ1) is 7.49. The number of aromatic amines is 1. The average Bonchev–Trinajstić information content (AvgIpc) is 2.77. The molecule has 8 heteroatoms. The van der Waals surface area contributed by atoms with Crippen molar-refractivity contribution in [1.29, 1.82) is 0 Å². The summed E-state index contributed by atoms with van der Waals surface area (Å²) in [5.74, 6) is 0.365.